The van der Waals surface area contributed by atoms with Gasteiger partial charge in [0.05, 0.1) is 27.0 Å². The van der Waals surface area contributed by atoms with E-state index >= 15 is 0 Å². The summed E-state index contributed by atoms with van der Waals surface area (Å²) in [5.74, 6) is 1.94. The summed E-state index contributed by atoms with van der Waals surface area (Å²) in [4.78, 5) is 16.7. The van der Waals surface area contributed by atoms with E-state index in [2.05, 4.69) is 31.2 Å². The molecule has 2 heterocycles. The predicted octanol–water partition coefficient (Wildman–Crippen LogP) is 3.80. The Hall–Kier alpha value is -3.66. The number of nitrogens with zero attached hydrogens (tertiary/aromatic N) is 4. The third-order valence-corrected chi connectivity index (χ3v) is 5.21. The molecule has 0 spiro atoms. The van der Waals surface area contributed by atoms with Crippen molar-refractivity contribution in [3.05, 3.63) is 69.2 Å². The first-order valence-corrected chi connectivity index (χ1v) is 10.3. The van der Waals surface area contributed by atoms with Crippen molar-refractivity contribution in [3.8, 4) is 39.9 Å². The minimum Gasteiger partial charge on any atom is -0.493 e. The summed E-state index contributed by atoms with van der Waals surface area (Å²) >= 11 is 3.41. The average Bonchev–Trinajstić information content (AvgIpc) is 3.28. The molecule has 32 heavy (non-hydrogen) atoms. The Balaban J connectivity index is 1.64. The molecule has 0 unspecified atom stereocenters. The minimum atomic E-state index is -0.279. The molecule has 0 aliphatic carbocycles. The Bertz CT molecular complexity index is 1280. The summed E-state index contributed by atoms with van der Waals surface area (Å²) in [5, 5.41) is 8.45. The first kappa shape index (κ1) is 21.6. The van der Waals surface area contributed by atoms with Gasteiger partial charge in [-0.2, -0.15) is 10.1 Å². The lowest BCUT2D eigenvalue weighted by atomic mass is 10.1. The zero-order valence-electron chi connectivity index (χ0n) is 17.5. The van der Waals surface area contributed by atoms with Crippen molar-refractivity contribution in [1.82, 2.24) is 19.9 Å². The van der Waals surface area contributed by atoms with Crippen molar-refractivity contribution in [2.45, 2.75) is 6.54 Å². The van der Waals surface area contributed by atoms with Gasteiger partial charge < -0.3 is 18.7 Å². The van der Waals surface area contributed by atoms with Crippen molar-refractivity contribution in [2.75, 3.05) is 21.3 Å². The third-order valence-electron chi connectivity index (χ3n) is 4.68. The average molecular weight is 499 g/mol. The smallest absolute Gasteiger partial charge is 0.267 e. The zero-order valence-corrected chi connectivity index (χ0v) is 19.1. The van der Waals surface area contributed by atoms with E-state index in [9.17, 15) is 4.79 Å². The van der Waals surface area contributed by atoms with Gasteiger partial charge in [0.25, 0.3) is 5.56 Å². The first-order chi connectivity index (χ1) is 15.5. The van der Waals surface area contributed by atoms with E-state index in [0.29, 0.717) is 34.3 Å². The molecular formula is C22H19BrN4O5. The van der Waals surface area contributed by atoms with Gasteiger partial charge in [-0.05, 0) is 30.3 Å². The molecular weight excluding hydrogens is 480 g/mol. The molecule has 0 saturated heterocycles. The summed E-state index contributed by atoms with van der Waals surface area (Å²) in [7, 11) is 4.58. The number of halogens is 1. The lowest BCUT2D eigenvalue weighted by Gasteiger charge is -2.12. The molecule has 0 aliphatic heterocycles. The molecule has 0 atom stereocenters. The van der Waals surface area contributed by atoms with Gasteiger partial charge in [-0.3, -0.25) is 4.79 Å². The molecule has 4 rings (SSSR count). The van der Waals surface area contributed by atoms with Crippen molar-refractivity contribution >= 4 is 15.9 Å². The van der Waals surface area contributed by atoms with Gasteiger partial charge >= 0.3 is 0 Å². The maximum absolute atomic E-state index is 12.3. The van der Waals surface area contributed by atoms with Crippen LogP contribution >= 0.6 is 15.9 Å². The van der Waals surface area contributed by atoms with Crippen LogP contribution in [0.15, 0.2) is 62.3 Å². The summed E-state index contributed by atoms with van der Waals surface area (Å²) in [6, 6.07) is 14.2. The molecule has 0 N–H and O–H groups in total. The van der Waals surface area contributed by atoms with Crippen LogP contribution in [0.1, 0.15) is 5.89 Å². The van der Waals surface area contributed by atoms with E-state index in [1.807, 2.05) is 24.3 Å². The van der Waals surface area contributed by atoms with E-state index in [1.165, 1.54) is 32.1 Å². The molecule has 9 nitrogen and oxygen atoms in total. The van der Waals surface area contributed by atoms with Crippen LogP contribution in [0, 0.1) is 0 Å². The van der Waals surface area contributed by atoms with Crippen LogP contribution in [0.5, 0.6) is 17.2 Å². The van der Waals surface area contributed by atoms with E-state index in [4.69, 9.17) is 18.7 Å². The summed E-state index contributed by atoms with van der Waals surface area (Å²) in [6.45, 7) is 0.0284. The van der Waals surface area contributed by atoms with E-state index in [1.54, 1.807) is 18.2 Å². The van der Waals surface area contributed by atoms with Crippen LogP contribution in [0.4, 0.5) is 0 Å². The van der Waals surface area contributed by atoms with Crippen LogP contribution in [-0.2, 0) is 6.54 Å². The van der Waals surface area contributed by atoms with Crippen LogP contribution in [0.3, 0.4) is 0 Å². The van der Waals surface area contributed by atoms with Crippen LogP contribution in [0.2, 0.25) is 0 Å². The highest BCUT2D eigenvalue weighted by atomic mass is 79.9. The minimum absolute atomic E-state index is 0.0284. The molecule has 0 amide bonds. The molecule has 4 aromatic rings. The number of hydrogen-bond acceptors (Lipinski definition) is 8. The second-order valence-corrected chi connectivity index (χ2v) is 7.56. The number of rotatable bonds is 7. The summed E-state index contributed by atoms with van der Waals surface area (Å²) in [5.41, 5.74) is 1.86. The molecule has 0 radical (unpaired) electrons. The number of hydrogen-bond donors (Lipinski definition) is 0. The largest absolute Gasteiger partial charge is 0.493 e. The number of aromatic nitrogens is 4. The van der Waals surface area contributed by atoms with Gasteiger partial charge in [0.15, 0.2) is 11.5 Å². The predicted molar refractivity (Wildman–Crippen MR) is 120 cm³/mol. The fraction of sp³-hybridized carbons (Fsp3) is 0.182. The fourth-order valence-corrected chi connectivity index (χ4v) is 3.38. The highest BCUT2D eigenvalue weighted by Crippen LogP contribution is 2.40. The molecule has 164 valence electrons. The van der Waals surface area contributed by atoms with Crippen LogP contribution < -0.4 is 19.8 Å². The Morgan fingerprint density at radius 2 is 1.62 bits per heavy atom. The van der Waals surface area contributed by atoms with Crippen molar-refractivity contribution in [2.24, 2.45) is 0 Å². The van der Waals surface area contributed by atoms with E-state index < -0.39 is 0 Å². The van der Waals surface area contributed by atoms with Gasteiger partial charge in [0, 0.05) is 21.7 Å². The lowest BCUT2D eigenvalue weighted by Crippen LogP contribution is -2.23. The first-order valence-electron chi connectivity index (χ1n) is 9.49. The van der Waals surface area contributed by atoms with Crippen molar-refractivity contribution < 1.29 is 18.7 Å². The van der Waals surface area contributed by atoms with E-state index in [0.717, 1.165) is 10.0 Å². The second-order valence-electron chi connectivity index (χ2n) is 6.65. The van der Waals surface area contributed by atoms with Gasteiger partial charge in [0.2, 0.25) is 17.5 Å². The number of methoxy groups -OCH3 is 3. The second kappa shape index (κ2) is 9.23. The maximum Gasteiger partial charge on any atom is 0.267 e. The standard InChI is InChI=1S/C22H19BrN4O5/c1-29-17-10-14(11-18(30-2)21(17)31-3)22-24-19(32-26-22)12-27-20(28)9-8-16(25-27)13-4-6-15(23)7-5-13/h4-11H,12H2,1-3H3. The Morgan fingerprint density at radius 1 is 0.938 bits per heavy atom. The zero-order chi connectivity index (χ0) is 22.7. The van der Waals surface area contributed by atoms with Crippen LogP contribution in [0.25, 0.3) is 22.6 Å². The lowest BCUT2D eigenvalue weighted by molar-refractivity contribution is 0.324. The van der Waals surface area contributed by atoms with E-state index in [-0.39, 0.29) is 18.0 Å². The number of benzene rings is 2. The Kier molecular flexibility index (Phi) is 6.22. The topological polar surface area (TPSA) is 102 Å². The molecule has 0 bridgehead atoms. The van der Waals surface area contributed by atoms with Crippen LogP contribution in [-0.4, -0.2) is 41.3 Å². The normalized spacial score (nSPS) is 10.8. The molecule has 0 saturated carbocycles. The highest BCUT2D eigenvalue weighted by molar-refractivity contribution is 9.10. The Labute approximate surface area is 191 Å². The summed E-state index contributed by atoms with van der Waals surface area (Å²) in [6.07, 6.45) is 0. The SMILES string of the molecule is COc1cc(-c2noc(Cn3nc(-c4ccc(Br)cc4)ccc3=O)n2)cc(OC)c1OC. The quantitative estimate of drug-likeness (QED) is 0.379. The third kappa shape index (κ3) is 4.35. The monoisotopic (exact) mass is 498 g/mol. The van der Waals surface area contributed by atoms with Crippen molar-refractivity contribution in [3.63, 3.8) is 0 Å². The molecule has 0 aliphatic rings. The molecule has 2 aromatic heterocycles. The van der Waals surface area contributed by atoms with Gasteiger partial charge in [-0.15, -0.1) is 0 Å². The van der Waals surface area contributed by atoms with Gasteiger partial charge in [-0.1, -0.05) is 33.2 Å². The molecule has 0 fully saturated rings. The number of ether oxygens (including phenoxy) is 3. The summed E-state index contributed by atoms with van der Waals surface area (Å²) < 4.78 is 23.7. The Morgan fingerprint density at radius 3 is 2.25 bits per heavy atom. The molecule has 2 aromatic carbocycles. The highest BCUT2D eigenvalue weighted by Gasteiger charge is 2.18. The van der Waals surface area contributed by atoms with Gasteiger partial charge in [0.1, 0.15) is 6.54 Å². The molecule has 10 heteroatoms. The maximum atomic E-state index is 12.3. The van der Waals surface area contributed by atoms with Crippen molar-refractivity contribution in [1.29, 1.82) is 0 Å². The van der Waals surface area contributed by atoms with Gasteiger partial charge in [-0.25, -0.2) is 4.68 Å². The fourth-order valence-electron chi connectivity index (χ4n) is 3.11.